The smallest absolute Gasteiger partial charge is 0.0705 e. The zero-order chi connectivity index (χ0) is 26.8. The first kappa shape index (κ1) is 25.4. The highest BCUT2D eigenvalue weighted by Gasteiger charge is 2.18. The summed E-state index contributed by atoms with van der Waals surface area (Å²) in [5, 5.41) is 2.52. The molecule has 0 saturated carbocycles. The van der Waals surface area contributed by atoms with Crippen molar-refractivity contribution in [1.29, 1.82) is 0 Å². The topological polar surface area (TPSA) is 32.3 Å². The number of aromatic nitrogens is 2. The van der Waals surface area contributed by atoms with Crippen LogP contribution < -0.4 is 0 Å². The molecule has 5 aromatic rings. The highest BCUT2D eigenvalue weighted by Crippen LogP contribution is 2.26. The van der Waals surface area contributed by atoms with Crippen LogP contribution in [0.3, 0.4) is 0 Å². The van der Waals surface area contributed by atoms with Gasteiger partial charge < -0.3 is 0 Å². The predicted molar refractivity (Wildman–Crippen MR) is 162 cm³/mol. The van der Waals surface area contributed by atoms with Gasteiger partial charge in [0.25, 0.3) is 0 Å². The molecule has 2 aromatic heterocycles. The van der Waals surface area contributed by atoms with E-state index in [9.17, 15) is 0 Å². The van der Waals surface area contributed by atoms with Crippen LogP contribution in [0.4, 0.5) is 0 Å². The zero-order valence-electron chi connectivity index (χ0n) is 23.2. The molecule has 0 spiro atoms. The van der Waals surface area contributed by atoms with Crippen molar-refractivity contribution < 1.29 is 0 Å². The fourth-order valence-electron chi connectivity index (χ4n) is 5.62. The van der Waals surface area contributed by atoms with E-state index in [0.29, 0.717) is 0 Å². The van der Waals surface area contributed by atoms with Crippen molar-refractivity contribution in [3.05, 3.63) is 119 Å². The van der Waals surface area contributed by atoms with E-state index in [4.69, 9.17) is 0 Å². The van der Waals surface area contributed by atoms with Gasteiger partial charge in [0.1, 0.15) is 0 Å². The molecule has 0 N–H and O–H groups in total. The molecular weight excluding hydrogens is 476 g/mol. The Morgan fingerprint density at radius 1 is 0.564 bits per heavy atom. The number of hydrogen-bond donors (Lipinski definition) is 0. The summed E-state index contributed by atoms with van der Waals surface area (Å²) in [5.41, 5.74) is 11.2. The van der Waals surface area contributed by atoms with Crippen LogP contribution in [0.25, 0.3) is 33.3 Å². The predicted octanol–water partition coefficient (Wildman–Crippen LogP) is 7.21. The van der Waals surface area contributed by atoms with E-state index in [2.05, 4.69) is 119 Å². The third-order valence-corrected chi connectivity index (χ3v) is 8.19. The van der Waals surface area contributed by atoms with Crippen LogP contribution in [0.5, 0.6) is 0 Å². The van der Waals surface area contributed by atoms with E-state index in [1.807, 2.05) is 12.4 Å². The minimum atomic E-state index is 0.961. The van der Waals surface area contributed by atoms with Gasteiger partial charge in [-0.25, -0.2) is 0 Å². The number of hydrogen-bond acceptors (Lipinski definition) is 4. The summed E-state index contributed by atoms with van der Waals surface area (Å²) in [6, 6.07) is 28.5. The van der Waals surface area contributed by atoms with Crippen LogP contribution in [0.2, 0.25) is 0 Å². The SMILES string of the molecule is Cc1cc(-c2cc(CN3CCN(Cc4ccnc(-c5ccc6ccccc6c5)c4)CC3)ccn2)cc(C)c1C. The summed E-state index contributed by atoms with van der Waals surface area (Å²) in [5.74, 6) is 0. The van der Waals surface area contributed by atoms with Gasteiger partial charge in [0, 0.05) is 62.8 Å². The van der Waals surface area contributed by atoms with Crippen LogP contribution in [-0.2, 0) is 13.1 Å². The summed E-state index contributed by atoms with van der Waals surface area (Å²) < 4.78 is 0. The first-order valence-electron chi connectivity index (χ1n) is 13.9. The van der Waals surface area contributed by atoms with Gasteiger partial charge in [-0.2, -0.15) is 0 Å². The third kappa shape index (κ3) is 5.78. The van der Waals surface area contributed by atoms with Gasteiger partial charge in [-0.15, -0.1) is 0 Å². The van der Waals surface area contributed by atoms with Crippen molar-refractivity contribution in [3.8, 4) is 22.5 Å². The number of piperazine rings is 1. The molecule has 0 unspecified atom stereocenters. The Hall–Kier alpha value is -3.86. The maximum atomic E-state index is 4.69. The number of rotatable bonds is 6. The molecule has 0 bridgehead atoms. The first-order valence-corrected chi connectivity index (χ1v) is 13.9. The quantitative estimate of drug-likeness (QED) is 0.241. The molecule has 3 aromatic carbocycles. The fraction of sp³-hybridized carbons (Fsp3) is 0.257. The Kier molecular flexibility index (Phi) is 7.23. The molecule has 4 nitrogen and oxygen atoms in total. The second kappa shape index (κ2) is 11.1. The number of aryl methyl sites for hydroxylation is 2. The molecule has 6 rings (SSSR count). The Morgan fingerprint density at radius 3 is 1.69 bits per heavy atom. The second-order valence-electron chi connectivity index (χ2n) is 10.9. The van der Waals surface area contributed by atoms with Crippen molar-refractivity contribution in [2.75, 3.05) is 26.2 Å². The lowest BCUT2D eigenvalue weighted by Crippen LogP contribution is -2.45. The lowest BCUT2D eigenvalue weighted by Gasteiger charge is -2.34. The fourth-order valence-corrected chi connectivity index (χ4v) is 5.62. The minimum Gasteiger partial charge on any atom is -0.297 e. The van der Waals surface area contributed by atoms with Crippen molar-refractivity contribution in [3.63, 3.8) is 0 Å². The molecule has 0 atom stereocenters. The molecule has 1 fully saturated rings. The van der Waals surface area contributed by atoms with Crippen molar-refractivity contribution in [2.24, 2.45) is 0 Å². The second-order valence-corrected chi connectivity index (χ2v) is 10.9. The first-order chi connectivity index (χ1) is 19.0. The molecular formula is C35H36N4. The van der Waals surface area contributed by atoms with E-state index in [1.165, 1.54) is 49.7 Å². The molecule has 1 aliphatic rings. The average Bonchev–Trinajstić information content (AvgIpc) is 2.97. The minimum absolute atomic E-state index is 0.961. The summed E-state index contributed by atoms with van der Waals surface area (Å²) in [6.45, 7) is 12.8. The Morgan fingerprint density at radius 2 is 1.10 bits per heavy atom. The van der Waals surface area contributed by atoms with E-state index in [-0.39, 0.29) is 0 Å². The van der Waals surface area contributed by atoms with Gasteiger partial charge >= 0.3 is 0 Å². The molecule has 0 aliphatic carbocycles. The average molecular weight is 513 g/mol. The van der Waals surface area contributed by atoms with E-state index in [0.717, 1.165) is 50.7 Å². The maximum absolute atomic E-state index is 4.69. The van der Waals surface area contributed by atoms with E-state index >= 15 is 0 Å². The van der Waals surface area contributed by atoms with E-state index < -0.39 is 0 Å². The van der Waals surface area contributed by atoms with Crippen LogP contribution in [0.1, 0.15) is 27.8 Å². The number of pyridine rings is 2. The molecule has 1 saturated heterocycles. The van der Waals surface area contributed by atoms with Crippen LogP contribution in [-0.4, -0.2) is 45.9 Å². The summed E-state index contributed by atoms with van der Waals surface area (Å²) in [4.78, 5) is 14.5. The standard InChI is InChI=1S/C35H36N4/c1-25-18-33(19-26(2)27(25)3)35-21-29(11-13-37-35)24-39-16-14-38(15-17-39)23-28-10-12-36-34(20-28)32-9-8-30-6-4-5-7-31(30)22-32/h4-13,18-22H,14-17,23-24H2,1-3H3. The van der Waals surface area contributed by atoms with Gasteiger partial charge in [-0.1, -0.05) is 36.4 Å². The van der Waals surface area contributed by atoms with E-state index in [1.54, 1.807) is 0 Å². The van der Waals surface area contributed by atoms with Crippen molar-refractivity contribution >= 4 is 10.8 Å². The van der Waals surface area contributed by atoms with Gasteiger partial charge in [0.15, 0.2) is 0 Å². The normalized spacial score (nSPS) is 14.6. The highest BCUT2D eigenvalue weighted by atomic mass is 15.3. The van der Waals surface area contributed by atoms with Crippen LogP contribution in [0, 0.1) is 20.8 Å². The van der Waals surface area contributed by atoms with Gasteiger partial charge in [0.05, 0.1) is 11.4 Å². The largest absolute Gasteiger partial charge is 0.297 e. The van der Waals surface area contributed by atoms with Gasteiger partial charge in [-0.05, 0) is 102 Å². The molecule has 0 radical (unpaired) electrons. The van der Waals surface area contributed by atoms with Crippen molar-refractivity contribution in [2.45, 2.75) is 33.9 Å². The summed E-state index contributed by atoms with van der Waals surface area (Å²) in [6.07, 6.45) is 3.91. The maximum Gasteiger partial charge on any atom is 0.0705 e. The number of fused-ring (bicyclic) bond motifs is 1. The van der Waals surface area contributed by atoms with Crippen molar-refractivity contribution in [1.82, 2.24) is 19.8 Å². The zero-order valence-corrected chi connectivity index (χ0v) is 23.2. The Balaban J connectivity index is 1.07. The van der Waals surface area contributed by atoms with Crippen LogP contribution in [0.15, 0.2) is 91.3 Å². The summed E-state index contributed by atoms with van der Waals surface area (Å²) >= 11 is 0. The number of benzene rings is 3. The Labute approximate surface area is 232 Å². The highest BCUT2D eigenvalue weighted by molar-refractivity contribution is 5.86. The molecule has 3 heterocycles. The van der Waals surface area contributed by atoms with Gasteiger partial charge in [-0.3, -0.25) is 19.8 Å². The molecule has 1 aliphatic heterocycles. The van der Waals surface area contributed by atoms with Crippen LogP contribution >= 0.6 is 0 Å². The molecule has 0 amide bonds. The third-order valence-electron chi connectivity index (χ3n) is 8.19. The van der Waals surface area contributed by atoms with Gasteiger partial charge in [0.2, 0.25) is 0 Å². The Bertz CT molecular complexity index is 1590. The monoisotopic (exact) mass is 512 g/mol. The summed E-state index contributed by atoms with van der Waals surface area (Å²) in [7, 11) is 0. The molecule has 4 heteroatoms. The lowest BCUT2D eigenvalue weighted by atomic mass is 9.98. The molecule has 39 heavy (non-hydrogen) atoms. The number of nitrogens with zero attached hydrogens (tertiary/aromatic N) is 4. The molecule has 196 valence electrons. The lowest BCUT2D eigenvalue weighted by molar-refractivity contribution is 0.122.